The lowest BCUT2D eigenvalue weighted by Crippen LogP contribution is -2.55. The van der Waals surface area contributed by atoms with Gasteiger partial charge in [-0.1, -0.05) is 20.8 Å². The molecule has 114 valence electrons. The van der Waals surface area contributed by atoms with Gasteiger partial charge in [0.15, 0.2) is 0 Å². The van der Waals surface area contributed by atoms with Gasteiger partial charge in [-0.05, 0) is 37.5 Å². The van der Waals surface area contributed by atoms with Crippen LogP contribution in [0.1, 0.15) is 46.5 Å². The van der Waals surface area contributed by atoms with Crippen molar-refractivity contribution in [3.8, 4) is 0 Å². The van der Waals surface area contributed by atoms with Crippen molar-refractivity contribution in [3.05, 3.63) is 0 Å². The third-order valence-corrected chi connectivity index (χ3v) is 4.19. The number of piperidine rings is 1. The molecule has 2 rings (SSSR count). The molecule has 1 saturated heterocycles. The van der Waals surface area contributed by atoms with Crippen molar-refractivity contribution in [2.75, 3.05) is 13.1 Å². The molecule has 0 bridgehead atoms. The van der Waals surface area contributed by atoms with Crippen LogP contribution in [0.3, 0.4) is 0 Å². The molecule has 1 aliphatic carbocycles. The number of rotatable bonds is 4. The molecule has 1 saturated carbocycles. The van der Waals surface area contributed by atoms with E-state index in [9.17, 15) is 14.7 Å². The van der Waals surface area contributed by atoms with Gasteiger partial charge in [-0.25, -0.2) is 9.59 Å². The van der Waals surface area contributed by atoms with E-state index in [2.05, 4.69) is 20.8 Å². The minimum Gasteiger partial charge on any atom is -0.480 e. The van der Waals surface area contributed by atoms with Gasteiger partial charge in [0.05, 0.1) is 0 Å². The molecule has 1 N–H and O–H groups in total. The summed E-state index contributed by atoms with van der Waals surface area (Å²) in [6.07, 6.45) is 3.58. The highest BCUT2D eigenvalue weighted by Crippen LogP contribution is 2.31. The molecule has 0 radical (unpaired) electrons. The van der Waals surface area contributed by atoms with Crippen molar-refractivity contribution in [2.24, 2.45) is 11.8 Å². The van der Waals surface area contributed by atoms with E-state index in [0.29, 0.717) is 30.8 Å². The fourth-order valence-corrected chi connectivity index (χ4v) is 2.93. The van der Waals surface area contributed by atoms with Crippen molar-refractivity contribution in [3.63, 3.8) is 0 Å². The summed E-state index contributed by atoms with van der Waals surface area (Å²) in [6.45, 7) is 7.54. The number of likely N-dealkylation sites (tertiary alicyclic amines) is 1. The summed E-state index contributed by atoms with van der Waals surface area (Å²) in [4.78, 5) is 27.6. The van der Waals surface area contributed by atoms with Crippen LogP contribution >= 0.6 is 0 Å². The Hall–Kier alpha value is -1.26. The van der Waals surface area contributed by atoms with Gasteiger partial charge in [0.25, 0.3) is 0 Å². The molecule has 0 aromatic carbocycles. The zero-order valence-electron chi connectivity index (χ0n) is 12.7. The minimum absolute atomic E-state index is 0.0690. The second-order valence-corrected chi connectivity index (χ2v) is 6.74. The highest BCUT2D eigenvalue weighted by Gasteiger charge is 2.41. The summed E-state index contributed by atoms with van der Waals surface area (Å²) in [6, 6.07) is -0.390. The van der Waals surface area contributed by atoms with Crippen molar-refractivity contribution in [2.45, 2.75) is 58.5 Å². The highest BCUT2D eigenvalue weighted by molar-refractivity contribution is 5.83. The van der Waals surface area contributed by atoms with Gasteiger partial charge in [-0.3, -0.25) is 0 Å². The summed E-state index contributed by atoms with van der Waals surface area (Å²) < 4.78 is 0. The fourth-order valence-electron chi connectivity index (χ4n) is 2.93. The molecule has 5 heteroatoms. The molecule has 2 fully saturated rings. The molecule has 0 aromatic heterocycles. The van der Waals surface area contributed by atoms with Crippen molar-refractivity contribution in [1.82, 2.24) is 9.80 Å². The number of urea groups is 1. The Kier molecular flexibility index (Phi) is 4.55. The third-order valence-electron chi connectivity index (χ3n) is 4.19. The molecule has 1 aliphatic heterocycles. The van der Waals surface area contributed by atoms with Gasteiger partial charge < -0.3 is 14.9 Å². The number of carboxylic acids is 1. The smallest absolute Gasteiger partial charge is 0.326 e. The largest absolute Gasteiger partial charge is 0.480 e. The summed E-state index contributed by atoms with van der Waals surface area (Å²) in [5, 5.41) is 9.38. The lowest BCUT2D eigenvalue weighted by Gasteiger charge is -2.39. The first-order chi connectivity index (χ1) is 9.40. The molecule has 2 atom stereocenters. The Bertz CT molecular complexity index is 379. The number of carbonyl (C=O) groups excluding carboxylic acids is 1. The van der Waals surface area contributed by atoms with Crippen LogP contribution in [0.25, 0.3) is 0 Å². The normalized spacial score (nSPS) is 26.7. The van der Waals surface area contributed by atoms with Gasteiger partial charge in [0, 0.05) is 19.1 Å². The molecular weight excluding hydrogens is 256 g/mol. The zero-order valence-corrected chi connectivity index (χ0v) is 12.7. The fraction of sp³-hybridized carbons (Fsp3) is 0.867. The van der Waals surface area contributed by atoms with Crippen molar-refractivity contribution >= 4 is 12.0 Å². The first-order valence-corrected chi connectivity index (χ1v) is 7.70. The summed E-state index contributed by atoms with van der Waals surface area (Å²) in [5.41, 5.74) is 0. The molecule has 1 heterocycles. The quantitative estimate of drug-likeness (QED) is 0.861. The van der Waals surface area contributed by atoms with E-state index >= 15 is 0 Å². The second-order valence-electron chi connectivity index (χ2n) is 6.74. The first kappa shape index (κ1) is 15.1. The minimum atomic E-state index is -0.870. The van der Waals surface area contributed by atoms with E-state index in [1.165, 1.54) is 0 Å². The Morgan fingerprint density at radius 2 is 1.95 bits per heavy atom. The maximum absolute atomic E-state index is 12.7. The topological polar surface area (TPSA) is 60.9 Å². The average molecular weight is 282 g/mol. The number of carboxylic acid groups (broad SMARTS) is 1. The number of carbonyl (C=O) groups is 2. The van der Waals surface area contributed by atoms with Crippen molar-refractivity contribution in [1.29, 1.82) is 0 Å². The Labute approximate surface area is 120 Å². The van der Waals surface area contributed by atoms with Gasteiger partial charge in [0.2, 0.25) is 0 Å². The van der Waals surface area contributed by atoms with Crippen LogP contribution in [0.4, 0.5) is 4.79 Å². The number of amides is 2. The summed E-state index contributed by atoms with van der Waals surface area (Å²) in [7, 11) is 0. The SMILES string of the molecule is CC(C)CN(C(=O)N1CCC(C)CC1C(=O)O)C1CC1. The predicted octanol–water partition coefficient (Wildman–Crippen LogP) is 2.41. The van der Waals surface area contributed by atoms with Crippen LogP contribution in [-0.4, -0.2) is 52.1 Å². The molecule has 0 spiro atoms. The van der Waals surface area contributed by atoms with Crippen LogP contribution in [-0.2, 0) is 4.79 Å². The monoisotopic (exact) mass is 282 g/mol. The maximum Gasteiger partial charge on any atom is 0.326 e. The molecule has 20 heavy (non-hydrogen) atoms. The number of nitrogens with zero attached hydrogens (tertiary/aromatic N) is 2. The van der Waals surface area contributed by atoms with Crippen molar-refractivity contribution < 1.29 is 14.7 Å². The van der Waals surface area contributed by atoms with Gasteiger partial charge in [-0.2, -0.15) is 0 Å². The molecule has 2 amide bonds. The maximum atomic E-state index is 12.7. The Morgan fingerprint density at radius 3 is 2.45 bits per heavy atom. The zero-order chi connectivity index (χ0) is 14.9. The molecular formula is C15H26N2O3. The third kappa shape index (κ3) is 3.44. The number of hydrogen-bond acceptors (Lipinski definition) is 2. The van der Waals surface area contributed by atoms with Gasteiger partial charge in [0.1, 0.15) is 6.04 Å². The first-order valence-electron chi connectivity index (χ1n) is 7.70. The van der Waals surface area contributed by atoms with E-state index in [1.54, 1.807) is 4.90 Å². The van der Waals surface area contributed by atoms with E-state index in [4.69, 9.17) is 0 Å². The van der Waals surface area contributed by atoms with Crippen LogP contribution in [0.2, 0.25) is 0 Å². The van der Waals surface area contributed by atoms with Gasteiger partial charge >= 0.3 is 12.0 Å². The number of aliphatic carboxylic acids is 1. The number of hydrogen-bond donors (Lipinski definition) is 1. The lowest BCUT2D eigenvalue weighted by molar-refractivity contribution is -0.144. The molecule has 5 nitrogen and oxygen atoms in total. The summed E-state index contributed by atoms with van der Waals surface area (Å²) in [5.74, 6) is -0.0867. The van der Waals surface area contributed by atoms with E-state index < -0.39 is 12.0 Å². The van der Waals surface area contributed by atoms with Gasteiger partial charge in [-0.15, -0.1) is 0 Å². The second kappa shape index (κ2) is 6.02. The highest BCUT2D eigenvalue weighted by atomic mass is 16.4. The van der Waals surface area contributed by atoms with Crippen LogP contribution < -0.4 is 0 Å². The van der Waals surface area contributed by atoms with Crippen LogP contribution in [0, 0.1) is 11.8 Å². The molecule has 2 unspecified atom stereocenters. The van der Waals surface area contributed by atoms with E-state index in [1.807, 2.05) is 4.90 Å². The van der Waals surface area contributed by atoms with E-state index in [-0.39, 0.29) is 6.03 Å². The predicted molar refractivity (Wildman–Crippen MR) is 76.5 cm³/mol. The molecule has 2 aliphatic rings. The van der Waals surface area contributed by atoms with E-state index in [0.717, 1.165) is 25.8 Å². The standard InChI is InChI=1S/C15H26N2O3/c1-10(2)9-17(12-4-5-12)15(20)16-7-6-11(3)8-13(16)14(18)19/h10-13H,4-9H2,1-3H3,(H,18,19). The Balaban J connectivity index is 2.10. The Morgan fingerprint density at radius 1 is 1.30 bits per heavy atom. The summed E-state index contributed by atoms with van der Waals surface area (Å²) >= 11 is 0. The molecule has 0 aromatic rings. The average Bonchev–Trinajstić information content (AvgIpc) is 3.19. The lowest BCUT2D eigenvalue weighted by atomic mass is 9.92. The van der Waals surface area contributed by atoms with Crippen LogP contribution in [0.5, 0.6) is 0 Å². The van der Waals surface area contributed by atoms with Crippen LogP contribution in [0.15, 0.2) is 0 Å².